The zero-order valence-corrected chi connectivity index (χ0v) is 23.8. The van der Waals surface area contributed by atoms with E-state index in [1.54, 1.807) is 59.3 Å². The van der Waals surface area contributed by atoms with Gasteiger partial charge in [0.05, 0.1) is 0 Å². The summed E-state index contributed by atoms with van der Waals surface area (Å²) in [5.41, 5.74) is 2.30. The summed E-state index contributed by atoms with van der Waals surface area (Å²) in [6.45, 7) is 0. The molecule has 8 nitrogen and oxygen atoms in total. The van der Waals surface area contributed by atoms with Crippen molar-refractivity contribution in [1.29, 1.82) is 0 Å². The normalized spacial score (nSPS) is 10.8. The standard InChI is InChI=1S/C28H22Cl2N2O6S2/c29-17-9-5-15(6-10-17)19-13-39-25(23(19)27(35)36)31-21(33)3-1-2-4-22(34)32-26-24(28(37)38)20(14-40-26)16-7-11-18(30)12-8-16/h5-14H,1-4H2,(H,31,33)(H,32,34)(H,35,36)(H,37,38). The highest BCUT2D eigenvalue weighted by Gasteiger charge is 2.22. The molecule has 40 heavy (non-hydrogen) atoms. The maximum absolute atomic E-state index is 12.5. The Labute approximate surface area is 247 Å². The van der Waals surface area contributed by atoms with E-state index < -0.39 is 11.9 Å². The Morgan fingerprint density at radius 3 is 1.30 bits per heavy atom. The van der Waals surface area contributed by atoms with E-state index in [0.29, 0.717) is 45.1 Å². The van der Waals surface area contributed by atoms with Gasteiger partial charge in [-0.15, -0.1) is 22.7 Å². The molecule has 12 heteroatoms. The smallest absolute Gasteiger partial charge is 0.339 e. The summed E-state index contributed by atoms with van der Waals surface area (Å²) in [4.78, 5) is 48.8. The summed E-state index contributed by atoms with van der Waals surface area (Å²) in [7, 11) is 0. The number of hydrogen-bond donors (Lipinski definition) is 4. The third-order valence-electron chi connectivity index (χ3n) is 5.88. The number of carboxylic acid groups (broad SMARTS) is 2. The fraction of sp³-hybridized carbons (Fsp3) is 0.143. The van der Waals surface area contributed by atoms with Crippen molar-refractivity contribution in [2.24, 2.45) is 0 Å². The molecule has 2 aromatic carbocycles. The molecule has 206 valence electrons. The maximum Gasteiger partial charge on any atom is 0.339 e. The molecule has 0 aliphatic rings. The molecule has 4 rings (SSSR count). The van der Waals surface area contributed by atoms with Crippen LogP contribution in [0.3, 0.4) is 0 Å². The first kappa shape index (κ1) is 29.3. The fourth-order valence-corrected chi connectivity index (χ4v) is 6.16. The van der Waals surface area contributed by atoms with Gasteiger partial charge in [0.25, 0.3) is 0 Å². The van der Waals surface area contributed by atoms with Gasteiger partial charge in [-0.3, -0.25) is 9.59 Å². The fourth-order valence-electron chi connectivity index (χ4n) is 3.96. The molecule has 0 aliphatic heterocycles. The highest BCUT2D eigenvalue weighted by Crippen LogP contribution is 2.37. The Kier molecular flexibility index (Phi) is 9.59. The van der Waals surface area contributed by atoms with E-state index in [2.05, 4.69) is 10.6 Å². The molecule has 0 spiro atoms. The zero-order chi connectivity index (χ0) is 28.8. The quantitative estimate of drug-likeness (QED) is 0.126. The molecule has 4 aromatic rings. The van der Waals surface area contributed by atoms with Gasteiger partial charge in [0, 0.05) is 44.8 Å². The minimum Gasteiger partial charge on any atom is -0.478 e. The lowest BCUT2D eigenvalue weighted by atomic mass is 10.0. The van der Waals surface area contributed by atoms with E-state index in [4.69, 9.17) is 23.2 Å². The Balaban J connectivity index is 1.30. The number of hydrogen-bond acceptors (Lipinski definition) is 6. The maximum atomic E-state index is 12.5. The molecule has 2 aromatic heterocycles. The predicted molar refractivity (Wildman–Crippen MR) is 159 cm³/mol. The number of amides is 2. The van der Waals surface area contributed by atoms with Crippen molar-refractivity contribution in [3.8, 4) is 22.3 Å². The number of carbonyl (C=O) groups is 4. The predicted octanol–water partition coefficient (Wildman–Crippen LogP) is 7.98. The molecule has 2 heterocycles. The minimum atomic E-state index is -1.16. The van der Waals surface area contributed by atoms with Crippen molar-refractivity contribution in [2.75, 3.05) is 10.6 Å². The number of nitrogens with one attached hydrogen (secondary N) is 2. The lowest BCUT2D eigenvalue weighted by molar-refractivity contribution is -0.118. The van der Waals surface area contributed by atoms with E-state index in [9.17, 15) is 29.4 Å². The molecule has 0 fully saturated rings. The van der Waals surface area contributed by atoms with Crippen molar-refractivity contribution in [3.05, 3.63) is 80.5 Å². The van der Waals surface area contributed by atoms with Gasteiger partial charge in [0.2, 0.25) is 11.8 Å². The molecule has 0 aliphatic carbocycles. The van der Waals surface area contributed by atoms with Gasteiger partial charge >= 0.3 is 11.9 Å². The highest BCUT2D eigenvalue weighted by atomic mass is 35.5. The van der Waals surface area contributed by atoms with Crippen LogP contribution in [0.4, 0.5) is 10.0 Å². The Morgan fingerprint density at radius 2 is 0.975 bits per heavy atom. The van der Waals surface area contributed by atoms with E-state index in [-0.39, 0.29) is 45.8 Å². The molecular formula is C28H22Cl2N2O6S2. The van der Waals surface area contributed by atoms with Gasteiger partial charge in [-0.1, -0.05) is 47.5 Å². The summed E-state index contributed by atoms with van der Waals surface area (Å²) in [5.74, 6) is -3.06. The number of carboxylic acids is 2. The van der Waals surface area contributed by atoms with Crippen LogP contribution in [0.2, 0.25) is 10.0 Å². The average Bonchev–Trinajstić information content (AvgIpc) is 3.52. The number of unbranched alkanes of at least 4 members (excludes halogenated alkanes) is 1. The molecule has 0 saturated carbocycles. The van der Waals surface area contributed by atoms with Gasteiger partial charge in [0.15, 0.2) is 0 Å². The van der Waals surface area contributed by atoms with Crippen molar-refractivity contribution < 1.29 is 29.4 Å². The lowest BCUT2D eigenvalue weighted by Gasteiger charge is -2.07. The number of carbonyl (C=O) groups excluding carboxylic acids is 2. The number of aromatic carboxylic acids is 2. The van der Waals surface area contributed by atoms with E-state index in [1.807, 2.05) is 0 Å². The average molecular weight is 618 g/mol. The van der Waals surface area contributed by atoms with Gasteiger partial charge < -0.3 is 20.8 Å². The van der Waals surface area contributed by atoms with Crippen LogP contribution in [0.25, 0.3) is 22.3 Å². The van der Waals surface area contributed by atoms with E-state index in [1.165, 1.54) is 0 Å². The van der Waals surface area contributed by atoms with Crippen LogP contribution in [0.15, 0.2) is 59.3 Å². The summed E-state index contributed by atoms with van der Waals surface area (Å²) < 4.78 is 0. The van der Waals surface area contributed by atoms with Gasteiger partial charge in [-0.05, 0) is 48.2 Å². The first-order valence-corrected chi connectivity index (χ1v) is 14.5. The van der Waals surface area contributed by atoms with Gasteiger partial charge in [-0.25, -0.2) is 9.59 Å². The topological polar surface area (TPSA) is 133 Å². The van der Waals surface area contributed by atoms with Crippen molar-refractivity contribution in [3.63, 3.8) is 0 Å². The third-order valence-corrected chi connectivity index (χ3v) is 8.18. The summed E-state index contributed by atoms with van der Waals surface area (Å²) >= 11 is 14.1. The largest absolute Gasteiger partial charge is 0.478 e. The van der Waals surface area contributed by atoms with Crippen LogP contribution < -0.4 is 10.6 Å². The molecule has 2 amide bonds. The summed E-state index contributed by atoms with van der Waals surface area (Å²) in [6.07, 6.45) is 0.924. The van der Waals surface area contributed by atoms with E-state index in [0.717, 1.165) is 22.7 Å². The van der Waals surface area contributed by atoms with E-state index >= 15 is 0 Å². The monoisotopic (exact) mass is 616 g/mol. The zero-order valence-electron chi connectivity index (χ0n) is 20.7. The number of anilines is 2. The number of rotatable bonds is 11. The van der Waals surface area contributed by atoms with Crippen LogP contribution in [-0.2, 0) is 9.59 Å². The number of thiophene rings is 2. The van der Waals surface area contributed by atoms with Crippen LogP contribution in [0, 0.1) is 0 Å². The van der Waals surface area contributed by atoms with Gasteiger partial charge in [-0.2, -0.15) is 0 Å². The second-order valence-electron chi connectivity index (χ2n) is 8.63. The Hall–Kier alpha value is -3.70. The van der Waals surface area contributed by atoms with Crippen LogP contribution in [0.1, 0.15) is 46.4 Å². The van der Waals surface area contributed by atoms with Crippen LogP contribution >= 0.6 is 45.9 Å². The minimum absolute atomic E-state index is 0.00297. The molecule has 0 unspecified atom stereocenters. The second-order valence-corrected chi connectivity index (χ2v) is 11.3. The van der Waals surface area contributed by atoms with Crippen LogP contribution in [0.5, 0.6) is 0 Å². The molecule has 0 saturated heterocycles. The first-order valence-electron chi connectivity index (χ1n) is 11.9. The highest BCUT2D eigenvalue weighted by molar-refractivity contribution is 7.15. The molecule has 4 N–H and O–H groups in total. The third kappa shape index (κ3) is 7.08. The Bertz CT molecular complexity index is 1440. The number of benzene rings is 2. The second kappa shape index (κ2) is 13.1. The molecular weight excluding hydrogens is 595 g/mol. The van der Waals surface area contributed by atoms with Crippen LogP contribution in [-0.4, -0.2) is 34.0 Å². The number of halogens is 2. The summed E-state index contributed by atoms with van der Waals surface area (Å²) in [5, 5.41) is 29.6. The van der Waals surface area contributed by atoms with Gasteiger partial charge in [0.1, 0.15) is 21.1 Å². The van der Waals surface area contributed by atoms with Crippen molar-refractivity contribution in [2.45, 2.75) is 25.7 Å². The molecule has 0 bridgehead atoms. The Morgan fingerprint density at radius 1 is 0.625 bits per heavy atom. The van der Waals surface area contributed by atoms with Crippen molar-refractivity contribution >= 4 is 79.6 Å². The SMILES string of the molecule is O=C(CCCCC(=O)Nc1scc(-c2ccc(Cl)cc2)c1C(=O)O)Nc1scc(-c2ccc(Cl)cc2)c1C(=O)O. The molecule has 0 radical (unpaired) electrons. The van der Waals surface area contributed by atoms with Crippen molar-refractivity contribution in [1.82, 2.24) is 0 Å². The first-order chi connectivity index (χ1) is 19.1. The molecule has 0 atom stereocenters. The summed E-state index contributed by atoms with van der Waals surface area (Å²) in [6, 6.07) is 13.5. The lowest BCUT2D eigenvalue weighted by Crippen LogP contribution is -2.15.